The third kappa shape index (κ3) is 3.88. The lowest BCUT2D eigenvalue weighted by atomic mass is 10.1. The van der Waals surface area contributed by atoms with Crippen LogP contribution in [0.3, 0.4) is 0 Å². The predicted octanol–water partition coefficient (Wildman–Crippen LogP) is 3.92. The monoisotopic (exact) mass is 361 g/mol. The third-order valence-electron chi connectivity index (χ3n) is 3.98. The van der Waals surface area contributed by atoms with E-state index in [9.17, 15) is 14.9 Å². The zero-order valence-corrected chi connectivity index (χ0v) is 14.2. The fraction of sp³-hybridized carbons (Fsp3) is 0.294. The highest BCUT2D eigenvalue weighted by atomic mass is 35.5. The second-order valence-corrected chi connectivity index (χ2v) is 6.18. The van der Waals surface area contributed by atoms with E-state index >= 15 is 0 Å². The molecule has 1 aliphatic carbocycles. The van der Waals surface area contributed by atoms with Gasteiger partial charge in [-0.2, -0.15) is 0 Å². The van der Waals surface area contributed by atoms with Crippen LogP contribution in [0.25, 0.3) is 0 Å². The lowest BCUT2D eigenvalue weighted by Gasteiger charge is -2.11. The molecule has 0 spiro atoms. The Kier molecular flexibility index (Phi) is 4.85. The van der Waals surface area contributed by atoms with Gasteiger partial charge in [0.15, 0.2) is 0 Å². The normalized spacial score (nSPS) is 13.4. The summed E-state index contributed by atoms with van der Waals surface area (Å²) in [5.41, 5.74) is 2.54. The van der Waals surface area contributed by atoms with Crippen molar-refractivity contribution >= 4 is 28.9 Å². The molecule has 130 valence electrons. The number of carbonyl (C=O) groups is 1. The van der Waals surface area contributed by atoms with Crippen molar-refractivity contribution in [3.63, 3.8) is 0 Å². The van der Waals surface area contributed by atoms with Crippen molar-refractivity contribution in [3.05, 3.63) is 62.4 Å². The molecule has 1 fully saturated rings. The lowest BCUT2D eigenvalue weighted by molar-refractivity contribution is -0.384. The van der Waals surface area contributed by atoms with Gasteiger partial charge >= 0.3 is 5.97 Å². The van der Waals surface area contributed by atoms with Gasteiger partial charge in [-0.05, 0) is 31.0 Å². The molecule has 0 unspecified atom stereocenters. The van der Waals surface area contributed by atoms with E-state index in [1.54, 1.807) is 18.2 Å². The molecule has 1 aromatic heterocycles. The molecule has 1 aliphatic rings. The van der Waals surface area contributed by atoms with Gasteiger partial charge in [0.25, 0.3) is 5.69 Å². The molecule has 25 heavy (non-hydrogen) atoms. The van der Waals surface area contributed by atoms with E-state index in [2.05, 4.69) is 10.3 Å². The van der Waals surface area contributed by atoms with Crippen LogP contribution in [0.5, 0.6) is 0 Å². The predicted molar refractivity (Wildman–Crippen MR) is 93.0 cm³/mol. The van der Waals surface area contributed by atoms with Crippen LogP contribution < -0.4 is 5.32 Å². The number of halogens is 1. The number of anilines is 1. The molecule has 0 aliphatic heterocycles. The van der Waals surface area contributed by atoms with Crippen LogP contribution in [-0.2, 0) is 11.3 Å². The minimum absolute atomic E-state index is 0.0628. The van der Waals surface area contributed by atoms with E-state index in [0.29, 0.717) is 23.7 Å². The standard InChI is InChI=1S/C17H16ClN3O4/c1-25-17(22)13-6-4-11(20-16(13)10-2-3-10)9-19-15-7-5-12(21(23)24)8-14(15)18/h4-8,10,19H,2-3,9H2,1H3. The zero-order chi connectivity index (χ0) is 18.0. The number of methoxy groups -OCH3 is 1. The number of ether oxygens (including phenoxy) is 1. The number of esters is 1. The number of non-ortho nitro benzene ring substituents is 1. The van der Waals surface area contributed by atoms with Crippen molar-refractivity contribution in [2.45, 2.75) is 25.3 Å². The van der Waals surface area contributed by atoms with Gasteiger partial charge in [0.05, 0.1) is 46.2 Å². The fourth-order valence-electron chi connectivity index (χ4n) is 2.51. The van der Waals surface area contributed by atoms with E-state index in [-0.39, 0.29) is 16.7 Å². The summed E-state index contributed by atoms with van der Waals surface area (Å²) in [6, 6.07) is 7.72. The molecule has 3 rings (SSSR count). The number of pyridine rings is 1. The Morgan fingerprint density at radius 1 is 1.40 bits per heavy atom. The molecule has 0 saturated heterocycles. The van der Waals surface area contributed by atoms with Crippen molar-refractivity contribution in [1.82, 2.24) is 4.98 Å². The second kappa shape index (κ2) is 7.06. The van der Waals surface area contributed by atoms with Crippen LogP contribution in [-0.4, -0.2) is 23.0 Å². The molecule has 8 heteroatoms. The maximum atomic E-state index is 11.8. The van der Waals surface area contributed by atoms with Gasteiger partial charge in [-0.1, -0.05) is 11.6 Å². The van der Waals surface area contributed by atoms with E-state index in [0.717, 1.165) is 24.2 Å². The van der Waals surface area contributed by atoms with Crippen molar-refractivity contribution in [2.75, 3.05) is 12.4 Å². The van der Waals surface area contributed by atoms with Crippen LogP contribution in [0.2, 0.25) is 5.02 Å². The Hall–Kier alpha value is -2.67. The molecule has 1 aromatic carbocycles. The largest absolute Gasteiger partial charge is 0.465 e. The van der Waals surface area contributed by atoms with Gasteiger partial charge in [0.1, 0.15) is 0 Å². The summed E-state index contributed by atoms with van der Waals surface area (Å²) in [6.07, 6.45) is 2.03. The number of benzene rings is 1. The van der Waals surface area contributed by atoms with Crippen LogP contribution >= 0.6 is 11.6 Å². The minimum atomic E-state index is -0.495. The van der Waals surface area contributed by atoms with E-state index in [4.69, 9.17) is 16.3 Å². The molecule has 0 bridgehead atoms. The number of nitro groups is 1. The number of nitrogens with zero attached hydrogens (tertiary/aromatic N) is 2. The minimum Gasteiger partial charge on any atom is -0.465 e. The molecule has 1 heterocycles. The number of nitrogens with one attached hydrogen (secondary N) is 1. The van der Waals surface area contributed by atoms with Gasteiger partial charge in [0.2, 0.25) is 0 Å². The Labute approximate surface area is 149 Å². The molecule has 0 amide bonds. The molecule has 1 saturated carbocycles. The van der Waals surface area contributed by atoms with Crippen LogP contribution in [0.4, 0.5) is 11.4 Å². The molecular weight excluding hydrogens is 346 g/mol. The molecule has 0 atom stereocenters. The van der Waals surface area contributed by atoms with Gasteiger partial charge in [-0.15, -0.1) is 0 Å². The Morgan fingerprint density at radius 3 is 2.76 bits per heavy atom. The highest BCUT2D eigenvalue weighted by Gasteiger charge is 2.30. The maximum Gasteiger partial charge on any atom is 0.339 e. The number of carbonyl (C=O) groups excluding carboxylic acids is 1. The van der Waals surface area contributed by atoms with Crippen molar-refractivity contribution in [2.24, 2.45) is 0 Å². The third-order valence-corrected chi connectivity index (χ3v) is 4.29. The van der Waals surface area contributed by atoms with Crippen molar-refractivity contribution < 1.29 is 14.5 Å². The van der Waals surface area contributed by atoms with Crippen molar-refractivity contribution in [3.8, 4) is 0 Å². The van der Waals surface area contributed by atoms with Crippen LogP contribution in [0.15, 0.2) is 30.3 Å². The Balaban J connectivity index is 1.76. The molecule has 7 nitrogen and oxygen atoms in total. The summed E-state index contributed by atoms with van der Waals surface area (Å²) < 4.78 is 4.80. The summed E-state index contributed by atoms with van der Waals surface area (Å²) in [5, 5.41) is 14.1. The first-order valence-electron chi connectivity index (χ1n) is 7.75. The molecular formula is C17H16ClN3O4. The first-order chi connectivity index (χ1) is 12.0. The van der Waals surface area contributed by atoms with Gasteiger partial charge in [-0.25, -0.2) is 4.79 Å². The summed E-state index contributed by atoms with van der Waals surface area (Å²) in [6.45, 7) is 0.388. The number of aromatic nitrogens is 1. The summed E-state index contributed by atoms with van der Waals surface area (Å²) in [4.78, 5) is 26.7. The number of nitro benzene ring substituents is 1. The molecule has 2 aromatic rings. The number of hydrogen-bond donors (Lipinski definition) is 1. The van der Waals surface area contributed by atoms with Gasteiger partial charge in [-0.3, -0.25) is 15.1 Å². The van der Waals surface area contributed by atoms with Crippen LogP contribution in [0, 0.1) is 10.1 Å². The second-order valence-electron chi connectivity index (χ2n) is 5.78. The quantitative estimate of drug-likeness (QED) is 0.476. The maximum absolute atomic E-state index is 11.8. The SMILES string of the molecule is COC(=O)c1ccc(CNc2ccc([N+](=O)[O-])cc2Cl)nc1C1CC1. The van der Waals surface area contributed by atoms with E-state index in [1.165, 1.54) is 19.2 Å². The summed E-state index contributed by atoms with van der Waals surface area (Å²) in [5.74, 6) is -0.0793. The smallest absolute Gasteiger partial charge is 0.339 e. The Bertz CT molecular complexity index is 837. The van der Waals surface area contributed by atoms with E-state index < -0.39 is 4.92 Å². The number of hydrogen-bond acceptors (Lipinski definition) is 6. The highest BCUT2D eigenvalue weighted by molar-refractivity contribution is 6.33. The van der Waals surface area contributed by atoms with Gasteiger partial charge < -0.3 is 10.1 Å². The van der Waals surface area contributed by atoms with Gasteiger partial charge in [0, 0.05) is 18.1 Å². The number of rotatable bonds is 6. The topological polar surface area (TPSA) is 94.4 Å². The Morgan fingerprint density at radius 2 is 2.16 bits per heavy atom. The van der Waals surface area contributed by atoms with Crippen molar-refractivity contribution in [1.29, 1.82) is 0 Å². The first-order valence-corrected chi connectivity index (χ1v) is 8.13. The molecule has 1 N–H and O–H groups in total. The first kappa shape index (κ1) is 17.2. The van der Waals surface area contributed by atoms with Crippen LogP contribution in [0.1, 0.15) is 40.5 Å². The average Bonchev–Trinajstić information content (AvgIpc) is 3.44. The fourth-order valence-corrected chi connectivity index (χ4v) is 2.75. The zero-order valence-electron chi connectivity index (χ0n) is 13.5. The summed E-state index contributed by atoms with van der Waals surface area (Å²) >= 11 is 6.07. The lowest BCUT2D eigenvalue weighted by Crippen LogP contribution is -2.10. The molecule has 0 radical (unpaired) electrons. The highest BCUT2D eigenvalue weighted by Crippen LogP contribution is 2.41. The average molecular weight is 362 g/mol. The van der Waals surface area contributed by atoms with E-state index in [1.807, 2.05) is 0 Å². The summed E-state index contributed by atoms with van der Waals surface area (Å²) in [7, 11) is 1.35.